The lowest BCUT2D eigenvalue weighted by Crippen LogP contribution is -2.03. The SMILES string of the molecule is O=C(O)CCC(=O)c1ccc(-c2ccc(Cl)cc2Cl)cc1. The van der Waals surface area contributed by atoms with Crippen LogP contribution in [0.25, 0.3) is 11.1 Å². The van der Waals surface area contributed by atoms with Gasteiger partial charge >= 0.3 is 5.97 Å². The first kappa shape index (κ1) is 15.5. The van der Waals surface area contributed by atoms with E-state index in [9.17, 15) is 9.59 Å². The molecule has 0 fully saturated rings. The molecule has 0 saturated heterocycles. The van der Waals surface area contributed by atoms with Crippen LogP contribution in [0.3, 0.4) is 0 Å². The number of halogens is 2. The molecule has 0 radical (unpaired) electrons. The number of aliphatic carboxylic acids is 1. The summed E-state index contributed by atoms with van der Waals surface area (Å²) in [6.45, 7) is 0. The van der Waals surface area contributed by atoms with Gasteiger partial charge in [0.1, 0.15) is 0 Å². The molecule has 0 unspecified atom stereocenters. The van der Waals surface area contributed by atoms with E-state index in [4.69, 9.17) is 28.3 Å². The number of ketones is 1. The number of hydrogen-bond donors (Lipinski definition) is 1. The highest BCUT2D eigenvalue weighted by Gasteiger charge is 2.09. The Morgan fingerprint density at radius 1 is 0.952 bits per heavy atom. The van der Waals surface area contributed by atoms with Crippen LogP contribution in [0.4, 0.5) is 0 Å². The summed E-state index contributed by atoms with van der Waals surface area (Å²) in [6, 6.07) is 12.1. The van der Waals surface area contributed by atoms with Crippen molar-refractivity contribution in [2.75, 3.05) is 0 Å². The maximum atomic E-state index is 11.8. The van der Waals surface area contributed by atoms with Crippen LogP contribution in [-0.2, 0) is 4.79 Å². The quantitative estimate of drug-likeness (QED) is 0.811. The zero-order valence-electron chi connectivity index (χ0n) is 11.0. The minimum atomic E-state index is -0.979. The van der Waals surface area contributed by atoms with Gasteiger partial charge in [-0.2, -0.15) is 0 Å². The van der Waals surface area contributed by atoms with E-state index in [1.54, 1.807) is 36.4 Å². The zero-order valence-corrected chi connectivity index (χ0v) is 12.5. The molecular formula is C16H12Cl2O3. The molecule has 0 aliphatic carbocycles. The van der Waals surface area contributed by atoms with E-state index in [0.29, 0.717) is 15.6 Å². The fraction of sp³-hybridized carbons (Fsp3) is 0.125. The summed E-state index contributed by atoms with van der Waals surface area (Å²) in [5.41, 5.74) is 2.18. The van der Waals surface area contributed by atoms with Crippen LogP contribution in [-0.4, -0.2) is 16.9 Å². The highest BCUT2D eigenvalue weighted by Crippen LogP contribution is 2.30. The Morgan fingerprint density at radius 2 is 1.62 bits per heavy atom. The highest BCUT2D eigenvalue weighted by atomic mass is 35.5. The average Bonchev–Trinajstić information content (AvgIpc) is 2.45. The van der Waals surface area contributed by atoms with Gasteiger partial charge in [0.15, 0.2) is 5.78 Å². The maximum absolute atomic E-state index is 11.8. The molecule has 2 aromatic carbocycles. The largest absolute Gasteiger partial charge is 0.481 e. The van der Waals surface area contributed by atoms with Gasteiger partial charge < -0.3 is 5.11 Å². The number of carbonyl (C=O) groups is 2. The van der Waals surface area contributed by atoms with Crippen molar-refractivity contribution in [3.63, 3.8) is 0 Å². The summed E-state index contributed by atoms with van der Waals surface area (Å²) in [5, 5.41) is 9.67. The molecule has 0 aromatic heterocycles. The maximum Gasteiger partial charge on any atom is 0.303 e. The smallest absolute Gasteiger partial charge is 0.303 e. The van der Waals surface area contributed by atoms with Crippen LogP contribution in [0.5, 0.6) is 0 Å². The number of Topliss-reactive ketones (excluding diaryl/α,β-unsaturated/α-hetero) is 1. The van der Waals surface area contributed by atoms with Gasteiger partial charge in [-0.15, -0.1) is 0 Å². The number of hydrogen-bond acceptors (Lipinski definition) is 2. The van der Waals surface area contributed by atoms with Crippen LogP contribution >= 0.6 is 23.2 Å². The second-order valence-electron chi connectivity index (χ2n) is 4.52. The van der Waals surface area contributed by atoms with Crippen molar-refractivity contribution < 1.29 is 14.7 Å². The summed E-state index contributed by atoms with van der Waals surface area (Å²) in [6.07, 6.45) is -0.167. The molecule has 0 amide bonds. The molecule has 0 atom stereocenters. The molecule has 1 N–H and O–H groups in total. The summed E-state index contributed by atoms with van der Waals surface area (Å²) in [4.78, 5) is 22.3. The Kier molecular flexibility index (Phi) is 4.99. The molecule has 108 valence electrons. The summed E-state index contributed by atoms with van der Waals surface area (Å²) >= 11 is 12.0. The van der Waals surface area contributed by atoms with Crippen LogP contribution < -0.4 is 0 Å². The predicted molar refractivity (Wildman–Crippen MR) is 83.1 cm³/mol. The van der Waals surface area contributed by atoms with E-state index in [1.807, 2.05) is 6.07 Å². The van der Waals surface area contributed by atoms with Gasteiger partial charge in [0.2, 0.25) is 0 Å². The van der Waals surface area contributed by atoms with Crippen molar-refractivity contribution in [1.29, 1.82) is 0 Å². The first-order valence-corrected chi connectivity index (χ1v) is 7.03. The molecule has 5 heteroatoms. The monoisotopic (exact) mass is 322 g/mol. The molecule has 2 rings (SSSR count). The lowest BCUT2D eigenvalue weighted by atomic mass is 10.0. The topological polar surface area (TPSA) is 54.4 Å². The molecule has 0 bridgehead atoms. The predicted octanol–water partition coefficient (Wildman–Crippen LogP) is 4.71. The van der Waals surface area contributed by atoms with Gasteiger partial charge in [-0.1, -0.05) is 53.5 Å². The molecule has 0 aliphatic rings. The van der Waals surface area contributed by atoms with E-state index >= 15 is 0 Å². The third-order valence-electron chi connectivity index (χ3n) is 3.01. The van der Waals surface area contributed by atoms with Crippen molar-refractivity contribution in [3.05, 3.63) is 58.1 Å². The number of carboxylic acid groups (broad SMARTS) is 1. The average molecular weight is 323 g/mol. The Morgan fingerprint density at radius 3 is 2.19 bits per heavy atom. The molecule has 0 aliphatic heterocycles. The molecule has 2 aromatic rings. The van der Waals surface area contributed by atoms with Gasteiger partial charge in [0.25, 0.3) is 0 Å². The molecule has 0 saturated carbocycles. The van der Waals surface area contributed by atoms with Crippen molar-refractivity contribution in [1.82, 2.24) is 0 Å². The van der Waals surface area contributed by atoms with E-state index in [2.05, 4.69) is 0 Å². The van der Waals surface area contributed by atoms with Crippen LogP contribution in [0, 0.1) is 0 Å². The molecule has 0 heterocycles. The summed E-state index contributed by atoms with van der Waals surface area (Å²) < 4.78 is 0. The minimum Gasteiger partial charge on any atom is -0.481 e. The Hall–Kier alpha value is -1.84. The van der Waals surface area contributed by atoms with Crippen molar-refractivity contribution in [2.24, 2.45) is 0 Å². The van der Waals surface area contributed by atoms with Gasteiger partial charge in [-0.25, -0.2) is 0 Å². The second kappa shape index (κ2) is 6.74. The molecular weight excluding hydrogens is 311 g/mol. The fourth-order valence-corrected chi connectivity index (χ4v) is 2.44. The van der Waals surface area contributed by atoms with Crippen LogP contribution in [0.15, 0.2) is 42.5 Å². The van der Waals surface area contributed by atoms with Gasteiger partial charge in [-0.3, -0.25) is 9.59 Å². The lowest BCUT2D eigenvalue weighted by Gasteiger charge is -2.06. The Bertz CT molecular complexity index is 678. The number of rotatable bonds is 5. The zero-order chi connectivity index (χ0) is 15.4. The van der Waals surface area contributed by atoms with Crippen LogP contribution in [0.2, 0.25) is 10.0 Å². The van der Waals surface area contributed by atoms with E-state index in [-0.39, 0.29) is 18.6 Å². The Labute approximate surface area is 132 Å². The minimum absolute atomic E-state index is 0.00359. The van der Waals surface area contributed by atoms with Crippen molar-refractivity contribution >= 4 is 35.0 Å². The van der Waals surface area contributed by atoms with Gasteiger partial charge in [0, 0.05) is 27.6 Å². The standard InChI is InChI=1S/C16H12Cl2O3/c17-12-5-6-13(14(18)9-12)10-1-3-11(4-2-10)15(19)7-8-16(20)21/h1-6,9H,7-8H2,(H,20,21). The van der Waals surface area contributed by atoms with Crippen molar-refractivity contribution in [3.8, 4) is 11.1 Å². The Balaban J connectivity index is 2.18. The second-order valence-corrected chi connectivity index (χ2v) is 5.36. The van der Waals surface area contributed by atoms with Crippen LogP contribution in [0.1, 0.15) is 23.2 Å². The third kappa shape index (κ3) is 4.06. The van der Waals surface area contributed by atoms with Crippen molar-refractivity contribution in [2.45, 2.75) is 12.8 Å². The third-order valence-corrected chi connectivity index (χ3v) is 3.56. The molecule has 3 nitrogen and oxygen atoms in total. The number of benzene rings is 2. The summed E-state index contributed by atoms with van der Waals surface area (Å²) in [7, 11) is 0. The molecule has 21 heavy (non-hydrogen) atoms. The van der Waals surface area contributed by atoms with E-state index < -0.39 is 5.97 Å². The normalized spacial score (nSPS) is 10.4. The first-order valence-electron chi connectivity index (χ1n) is 6.28. The van der Waals surface area contributed by atoms with Gasteiger partial charge in [-0.05, 0) is 17.7 Å². The number of carboxylic acids is 1. The highest BCUT2D eigenvalue weighted by molar-refractivity contribution is 6.36. The lowest BCUT2D eigenvalue weighted by molar-refractivity contribution is -0.136. The number of carbonyl (C=O) groups excluding carboxylic acids is 1. The molecule has 0 spiro atoms. The van der Waals surface area contributed by atoms with E-state index in [1.165, 1.54) is 0 Å². The first-order chi connectivity index (χ1) is 9.97. The fourth-order valence-electron chi connectivity index (χ4n) is 1.92. The van der Waals surface area contributed by atoms with E-state index in [0.717, 1.165) is 11.1 Å². The summed E-state index contributed by atoms with van der Waals surface area (Å²) in [5.74, 6) is -1.17. The van der Waals surface area contributed by atoms with Gasteiger partial charge in [0.05, 0.1) is 6.42 Å².